The lowest BCUT2D eigenvalue weighted by atomic mass is 10.2. The maximum Gasteiger partial charge on any atom is 0.297 e. The van der Waals surface area contributed by atoms with Crippen molar-refractivity contribution in [1.29, 1.82) is 0 Å². The number of nitrogens with zero attached hydrogens (tertiary/aromatic N) is 2. The Morgan fingerprint density at radius 3 is 2.86 bits per heavy atom. The molecule has 2 aromatic carbocycles. The summed E-state index contributed by atoms with van der Waals surface area (Å²) in [5.41, 5.74) is 1.36. The van der Waals surface area contributed by atoms with E-state index >= 15 is 0 Å². The molecule has 1 amide bonds. The van der Waals surface area contributed by atoms with E-state index in [9.17, 15) is 14.0 Å². The first-order valence-electron chi connectivity index (χ1n) is 8.77. The zero-order valence-corrected chi connectivity index (χ0v) is 16.8. The van der Waals surface area contributed by atoms with Crippen LogP contribution in [0.15, 0.2) is 56.8 Å². The third kappa shape index (κ3) is 3.73. The number of hydrogen-bond donors (Lipinski definition) is 1. The number of carbonyl (C=O) groups excluding carboxylic acids is 1. The van der Waals surface area contributed by atoms with Crippen LogP contribution in [0.25, 0.3) is 22.1 Å². The van der Waals surface area contributed by atoms with E-state index in [0.717, 1.165) is 17.1 Å². The van der Waals surface area contributed by atoms with E-state index in [2.05, 4.69) is 10.3 Å². The number of anilines is 1. The van der Waals surface area contributed by atoms with Gasteiger partial charge in [0.2, 0.25) is 11.5 Å². The van der Waals surface area contributed by atoms with Gasteiger partial charge in [0.05, 0.1) is 10.8 Å². The number of nitrogens with one attached hydrogen (secondary N) is 1. The van der Waals surface area contributed by atoms with Crippen molar-refractivity contribution >= 4 is 57.0 Å². The van der Waals surface area contributed by atoms with Crippen LogP contribution >= 0.6 is 23.4 Å². The predicted octanol–water partition coefficient (Wildman–Crippen LogP) is 4.69. The van der Waals surface area contributed by atoms with Gasteiger partial charge in [0.1, 0.15) is 16.9 Å². The van der Waals surface area contributed by atoms with E-state index in [1.807, 2.05) is 25.1 Å². The van der Waals surface area contributed by atoms with Crippen LogP contribution in [-0.4, -0.2) is 21.2 Å². The molecule has 0 saturated heterocycles. The highest BCUT2D eigenvalue weighted by Crippen LogP contribution is 2.27. The number of amides is 1. The van der Waals surface area contributed by atoms with E-state index in [-0.39, 0.29) is 27.8 Å². The third-order valence-corrected chi connectivity index (χ3v) is 5.57. The zero-order chi connectivity index (χ0) is 20.5. The second-order valence-corrected chi connectivity index (χ2v) is 7.54. The fourth-order valence-corrected chi connectivity index (χ4v) is 3.98. The van der Waals surface area contributed by atoms with E-state index in [1.165, 1.54) is 22.8 Å². The molecule has 2 heterocycles. The molecule has 1 N–H and O–H groups in total. The average molecular weight is 432 g/mol. The summed E-state index contributed by atoms with van der Waals surface area (Å²) in [6.07, 6.45) is 0. The van der Waals surface area contributed by atoms with Crippen LogP contribution in [0.3, 0.4) is 0 Å². The topological polar surface area (TPSA) is 77.1 Å². The first kappa shape index (κ1) is 19.5. The number of halogens is 2. The van der Waals surface area contributed by atoms with Gasteiger partial charge in [0, 0.05) is 17.6 Å². The van der Waals surface area contributed by atoms with Crippen molar-refractivity contribution < 1.29 is 13.6 Å². The van der Waals surface area contributed by atoms with Gasteiger partial charge < -0.3 is 9.73 Å². The fourth-order valence-electron chi connectivity index (χ4n) is 2.94. The van der Waals surface area contributed by atoms with Crippen molar-refractivity contribution in [3.05, 3.63) is 63.7 Å². The lowest BCUT2D eigenvalue weighted by Crippen LogP contribution is -2.23. The Morgan fingerprint density at radius 1 is 1.31 bits per heavy atom. The van der Waals surface area contributed by atoms with Gasteiger partial charge in [-0.1, -0.05) is 35.5 Å². The molecule has 0 saturated carbocycles. The summed E-state index contributed by atoms with van der Waals surface area (Å²) in [6.45, 7) is 2.21. The minimum atomic E-state index is -0.559. The number of para-hydroxylation sites is 1. The van der Waals surface area contributed by atoms with Crippen LogP contribution in [0, 0.1) is 5.82 Å². The Labute approximate surface area is 173 Å². The van der Waals surface area contributed by atoms with Crippen molar-refractivity contribution in [2.75, 3.05) is 11.1 Å². The quantitative estimate of drug-likeness (QED) is 0.366. The van der Waals surface area contributed by atoms with Gasteiger partial charge in [-0.25, -0.2) is 9.37 Å². The van der Waals surface area contributed by atoms with E-state index in [4.69, 9.17) is 16.0 Å². The summed E-state index contributed by atoms with van der Waals surface area (Å²) >= 11 is 6.87. The Kier molecular flexibility index (Phi) is 5.29. The molecule has 0 spiro atoms. The number of furan rings is 1. The first-order valence-corrected chi connectivity index (χ1v) is 10.1. The van der Waals surface area contributed by atoms with Gasteiger partial charge in [-0.2, -0.15) is 0 Å². The molecule has 0 radical (unpaired) electrons. The normalized spacial score (nSPS) is 11.3. The highest BCUT2D eigenvalue weighted by molar-refractivity contribution is 7.99. The summed E-state index contributed by atoms with van der Waals surface area (Å²) < 4.78 is 20.4. The highest BCUT2D eigenvalue weighted by Gasteiger charge is 2.18. The summed E-state index contributed by atoms with van der Waals surface area (Å²) in [6, 6.07) is 11.2. The third-order valence-electron chi connectivity index (χ3n) is 4.30. The van der Waals surface area contributed by atoms with Crippen LogP contribution in [0.5, 0.6) is 0 Å². The minimum Gasteiger partial charge on any atom is -0.448 e. The zero-order valence-electron chi connectivity index (χ0n) is 15.2. The molecule has 0 aliphatic carbocycles. The number of aromatic nitrogens is 2. The molecule has 0 unspecified atom stereocenters. The van der Waals surface area contributed by atoms with Crippen LogP contribution in [-0.2, 0) is 11.3 Å². The molecule has 9 heteroatoms. The van der Waals surface area contributed by atoms with Crippen molar-refractivity contribution in [2.45, 2.75) is 18.6 Å². The van der Waals surface area contributed by atoms with Gasteiger partial charge in [-0.05, 0) is 37.3 Å². The van der Waals surface area contributed by atoms with Crippen molar-refractivity contribution in [2.24, 2.45) is 0 Å². The SMILES string of the molecule is CCn1c(SCC(=O)Nc2ccc(F)c(Cl)c2)nc2c(oc3ccccc32)c1=O. The summed E-state index contributed by atoms with van der Waals surface area (Å²) in [5.74, 6) is -0.870. The molecular weight excluding hydrogens is 417 g/mol. The van der Waals surface area contributed by atoms with Crippen LogP contribution in [0.2, 0.25) is 5.02 Å². The molecule has 0 bridgehead atoms. The van der Waals surface area contributed by atoms with Gasteiger partial charge in [0.15, 0.2) is 5.16 Å². The number of rotatable bonds is 5. The molecule has 29 heavy (non-hydrogen) atoms. The number of benzene rings is 2. The monoisotopic (exact) mass is 431 g/mol. The van der Waals surface area contributed by atoms with Crippen molar-refractivity contribution in [3.8, 4) is 0 Å². The van der Waals surface area contributed by atoms with Gasteiger partial charge >= 0.3 is 0 Å². The van der Waals surface area contributed by atoms with Gasteiger partial charge in [0.25, 0.3) is 5.56 Å². The fraction of sp³-hybridized carbons (Fsp3) is 0.150. The average Bonchev–Trinajstić information content (AvgIpc) is 3.08. The second kappa shape index (κ2) is 7.88. The Hall–Kier alpha value is -2.84. The molecule has 0 aliphatic rings. The second-order valence-electron chi connectivity index (χ2n) is 6.19. The number of carbonyl (C=O) groups is 1. The molecule has 0 fully saturated rings. The van der Waals surface area contributed by atoms with E-state index < -0.39 is 5.82 Å². The van der Waals surface area contributed by atoms with Gasteiger partial charge in [-0.3, -0.25) is 14.2 Å². The molecule has 148 valence electrons. The van der Waals surface area contributed by atoms with Gasteiger partial charge in [-0.15, -0.1) is 0 Å². The summed E-state index contributed by atoms with van der Waals surface area (Å²) in [7, 11) is 0. The number of hydrogen-bond acceptors (Lipinski definition) is 5. The van der Waals surface area contributed by atoms with E-state index in [1.54, 1.807) is 6.07 Å². The molecule has 4 aromatic rings. The van der Waals surface area contributed by atoms with Crippen LogP contribution in [0.4, 0.5) is 10.1 Å². The standard InChI is InChI=1S/C20H15ClFN3O3S/c1-2-25-19(27)18-17(12-5-3-4-6-15(12)28-18)24-20(25)29-10-16(26)23-11-7-8-14(22)13(21)9-11/h3-9H,2,10H2,1H3,(H,23,26). The highest BCUT2D eigenvalue weighted by atomic mass is 35.5. The Bertz CT molecular complexity index is 1300. The Balaban J connectivity index is 1.61. The maximum absolute atomic E-state index is 13.2. The summed E-state index contributed by atoms with van der Waals surface area (Å²) in [4.78, 5) is 29.7. The smallest absolute Gasteiger partial charge is 0.297 e. The molecule has 4 rings (SSSR count). The van der Waals surface area contributed by atoms with Crippen molar-refractivity contribution in [1.82, 2.24) is 9.55 Å². The summed E-state index contributed by atoms with van der Waals surface area (Å²) in [5, 5.41) is 3.74. The lowest BCUT2D eigenvalue weighted by molar-refractivity contribution is -0.113. The van der Waals surface area contributed by atoms with E-state index in [0.29, 0.717) is 28.5 Å². The Morgan fingerprint density at radius 2 is 2.10 bits per heavy atom. The van der Waals surface area contributed by atoms with Crippen LogP contribution < -0.4 is 10.9 Å². The predicted molar refractivity (Wildman–Crippen MR) is 112 cm³/mol. The molecule has 6 nitrogen and oxygen atoms in total. The molecular formula is C20H15ClFN3O3S. The number of thioether (sulfide) groups is 1. The largest absolute Gasteiger partial charge is 0.448 e. The van der Waals surface area contributed by atoms with Crippen molar-refractivity contribution in [3.63, 3.8) is 0 Å². The minimum absolute atomic E-state index is 0.0166. The lowest BCUT2D eigenvalue weighted by Gasteiger charge is -2.10. The van der Waals surface area contributed by atoms with Crippen LogP contribution in [0.1, 0.15) is 6.92 Å². The first-order chi connectivity index (χ1) is 14.0. The molecule has 2 aromatic heterocycles. The maximum atomic E-state index is 13.2. The number of fused-ring (bicyclic) bond motifs is 3. The molecule has 0 atom stereocenters. The molecule has 0 aliphatic heterocycles.